The Bertz CT molecular complexity index is 682. The summed E-state index contributed by atoms with van der Waals surface area (Å²) in [6.07, 6.45) is 4.78. The summed E-state index contributed by atoms with van der Waals surface area (Å²) in [5.41, 5.74) is 1.48. The lowest BCUT2D eigenvalue weighted by molar-refractivity contribution is -0.137. The summed E-state index contributed by atoms with van der Waals surface area (Å²) in [6, 6.07) is 7.77. The van der Waals surface area contributed by atoms with Gasteiger partial charge in [0.25, 0.3) is 5.91 Å². The molecule has 0 radical (unpaired) electrons. The average Bonchev–Trinajstić information content (AvgIpc) is 2.87. The fraction of sp³-hybridized carbons (Fsp3) is 0.412. The molecular weight excluding hydrogens is 360 g/mol. The third-order valence-electron chi connectivity index (χ3n) is 3.72. The summed E-state index contributed by atoms with van der Waals surface area (Å²) in [7, 11) is 0. The van der Waals surface area contributed by atoms with Gasteiger partial charge in [0, 0.05) is 23.9 Å². The van der Waals surface area contributed by atoms with Gasteiger partial charge in [-0.3, -0.25) is 9.59 Å². The topological polar surface area (TPSA) is 82.2 Å². The van der Waals surface area contributed by atoms with Crippen molar-refractivity contribution in [3.8, 4) is 0 Å². The summed E-state index contributed by atoms with van der Waals surface area (Å²) in [5.74, 6) is -0.847. The molecule has 1 aromatic heterocycles. The second-order valence-electron chi connectivity index (χ2n) is 5.53. The van der Waals surface area contributed by atoms with Crippen molar-refractivity contribution in [1.29, 1.82) is 0 Å². The van der Waals surface area contributed by atoms with Crippen molar-refractivity contribution in [2.45, 2.75) is 38.5 Å². The fourth-order valence-corrected chi connectivity index (χ4v) is 3.11. The molecule has 3 N–H and O–H groups in total. The van der Waals surface area contributed by atoms with Crippen LogP contribution < -0.4 is 5.32 Å². The molecule has 23 heavy (non-hydrogen) atoms. The van der Waals surface area contributed by atoms with E-state index >= 15 is 0 Å². The van der Waals surface area contributed by atoms with Crippen LogP contribution in [-0.2, 0) is 4.79 Å². The number of hydrogen-bond acceptors (Lipinski definition) is 2. The van der Waals surface area contributed by atoms with Crippen molar-refractivity contribution in [3.05, 3.63) is 34.4 Å². The number of halogens is 1. The van der Waals surface area contributed by atoms with Crippen LogP contribution in [0.1, 0.15) is 49.0 Å². The van der Waals surface area contributed by atoms with Gasteiger partial charge in [-0.25, -0.2) is 0 Å². The van der Waals surface area contributed by atoms with E-state index in [1.54, 1.807) is 0 Å². The lowest BCUT2D eigenvalue weighted by Gasteiger charge is -2.04. The minimum Gasteiger partial charge on any atom is -0.481 e. The number of carbonyl (C=O) groups excluding carboxylic acids is 1. The zero-order valence-electron chi connectivity index (χ0n) is 12.9. The molecule has 0 atom stereocenters. The quantitative estimate of drug-likeness (QED) is 0.573. The molecule has 2 rings (SSSR count). The predicted octanol–water partition coefficient (Wildman–Crippen LogP) is 4.09. The van der Waals surface area contributed by atoms with E-state index in [2.05, 4.69) is 26.2 Å². The van der Waals surface area contributed by atoms with Crippen LogP contribution in [0.5, 0.6) is 0 Å². The number of H-pyrrole nitrogens is 1. The summed E-state index contributed by atoms with van der Waals surface area (Å²) in [6.45, 7) is 0.625. The summed E-state index contributed by atoms with van der Waals surface area (Å²) in [5, 5.41) is 12.5. The van der Waals surface area contributed by atoms with Gasteiger partial charge >= 0.3 is 5.97 Å². The number of rotatable bonds is 9. The Labute approximate surface area is 143 Å². The molecule has 1 heterocycles. The Morgan fingerprint density at radius 3 is 2.52 bits per heavy atom. The summed E-state index contributed by atoms with van der Waals surface area (Å²) < 4.78 is 0.791. The van der Waals surface area contributed by atoms with Crippen molar-refractivity contribution < 1.29 is 14.7 Å². The molecule has 1 amide bonds. The van der Waals surface area contributed by atoms with Crippen molar-refractivity contribution in [2.75, 3.05) is 6.54 Å². The van der Waals surface area contributed by atoms with Crippen molar-refractivity contribution in [2.24, 2.45) is 0 Å². The van der Waals surface area contributed by atoms with Crippen molar-refractivity contribution in [3.63, 3.8) is 0 Å². The molecule has 0 aliphatic rings. The highest BCUT2D eigenvalue weighted by molar-refractivity contribution is 9.10. The lowest BCUT2D eigenvalue weighted by Crippen LogP contribution is -2.25. The first-order valence-electron chi connectivity index (χ1n) is 7.86. The third-order valence-corrected chi connectivity index (χ3v) is 4.55. The Morgan fingerprint density at radius 1 is 1.09 bits per heavy atom. The molecule has 0 aliphatic heterocycles. The van der Waals surface area contributed by atoms with Crippen LogP contribution in [0.3, 0.4) is 0 Å². The van der Waals surface area contributed by atoms with Crippen LogP contribution >= 0.6 is 15.9 Å². The number of carboxylic acid groups (broad SMARTS) is 1. The van der Waals surface area contributed by atoms with Crippen LogP contribution in [0.2, 0.25) is 0 Å². The molecule has 2 aromatic rings. The zero-order valence-corrected chi connectivity index (χ0v) is 14.5. The molecule has 6 heteroatoms. The molecule has 0 unspecified atom stereocenters. The van der Waals surface area contributed by atoms with Gasteiger partial charge in [-0.1, -0.05) is 37.5 Å². The third kappa shape index (κ3) is 5.10. The van der Waals surface area contributed by atoms with E-state index < -0.39 is 5.97 Å². The van der Waals surface area contributed by atoms with Gasteiger partial charge in [-0.15, -0.1) is 0 Å². The lowest BCUT2D eigenvalue weighted by atomic mass is 10.1. The molecule has 124 valence electrons. The molecule has 0 saturated carbocycles. The van der Waals surface area contributed by atoms with E-state index in [9.17, 15) is 9.59 Å². The first-order valence-corrected chi connectivity index (χ1v) is 8.65. The molecule has 1 aromatic carbocycles. The number of hydrogen-bond donors (Lipinski definition) is 3. The Hall–Kier alpha value is -1.82. The number of aliphatic carboxylic acids is 1. The van der Waals surface area contributed by atoms with E-state index in [0.717, 1.165) is 47.5 Å². The Balaban J connectivity index is 1.70. The Kier molecular flexibility index (Phi) is 6.65. The van der Waals surface area contributed by atoms with E-state index in [-0.39, 0.29) is 12.3 Å². The highest BCUT2D eigenvalue weighted by Gasteiger charge is 2.14. The predicted molar refractivity (Wildman–Crippen MR) is 93.7 cm³/mol. The minimum absolute atomic E-state index is 0.112. The maximum Gasteiger partial charge on any atom is 0.303 e. The number of carbonyl (C=O) groups is 2. The highest BCUT2D eigenvalue weighted by atomic mass is 79.9. The largest absolute Gasteiger partial charge is 0.481 e. The van der Waals surface area contributed by atoms with Gasteiger partial charge in [0.1, 0.15) is 5.69 Å². The number of benzene rings is 1. The molecule has 0 aliphatic carbocycles. The molecule has 0 fully saturated rings. The van der Waals surface area contributed by atoms with E-state index in [1.165, 1.54) is 0 Å². The van der Waals surface area contributed by atoms with Gasteiger partial charge < -0.3 is 15.4 Å². The average molecular weight is 381 g/mol. The zero-order chi connectivity index (χ0) is 16.7. The number of amides is 1. The maximum absolute atomic E-state index is 12.2. The van der Waals surface area contributed by atoms with Gasteiger partial charge in [0.15, 0.2) is 0 Å². The molecule has 0 saturated heterocycles. The van der Waals surface area contributed by atoms with Gasteiger partial charge in [0.05, 0.1) is 4.47 Å². The van der Waals surface area contributed by atoms with Crippen molar-refractivity contribution >= 4 is 38.7 Å². The minimum atomic E-state index is -0.735. The van der Waals surface area contributed by atoms with Crippen LogP contribution in [-0.4, -0.2) is 28.5 Å². The highest BCUT2D eigenvalue weighted by Crippen LogP contribution is 2.27. The standard InChI is InChI=1S/C17H21BrN2O3/c18-15-12-8-5-6-9-13(12)20-16(15)17(23)19-11-7-3-1-2-4-10-14(21)22/h5-6,8-9,20H,1-4,7,10-11H2,(H,19,23)(H,21,22). The number of fused-ring (bicyclic) bond motifs is 1. The van der Waals surface area contributed by atoms with Gasteiger partial charge in [-0.2, -0.15) is 0 Å². The van der Waals surface area contributed by atoms with E-state index in [4.69, 9.17) is 5.11 Å². The summed E-state index contributed by atoms with van der Waals surface area (Å²) in [4.78, 5) is 25.7. The summed E-state index contributed by atoms with van der Waals surface area (Å²) >= 11 is 3.48. The first kappa shape index (κ1) is 17.5. The monoisotopic (exact) mass is 380 g/mol. The molecule has 0 spiro atoms. The van der Waals surface area contributed by atoms with Crippen molar-refractivity contribution in [1.82, 2.24) is 10.3 Å². The smallest absolute Gasteiger partial charge is 0.303 e. The number of unbranched alkanes of at least 4 members (excludes halogenated alkanes) is 4. The van der Waals surface area contributed by atoms with Gasteiger partial charge in [0.2, 0.25) is 0 Å². The fourth-order valence-electron chi connectivity index (χ4n) is 2.49. The van der Waals surface area contributed by atoms with Gasteiger partial charge in [-0.05, 0) is 34.8 Å². The van der Waals surface area contributed by atoms with Crippen LogP contribution in [0.15, 0.2) is 28.7 Å². The van der Waals surface area contributed by atoms with E-state index in [1.807, 2.05) is 24.3 Å². The number of carboxylic acids is 1. The first-order chi connectivity index (χ1) is 11.1. The normalized spacial score (nSPS) is 10.8. The van der Waals surface area contributed by atoms with E-state index in [0.29, 0.717) is 12.2 Å². The number of para-hydroxylation sites is 1. The second kappa shape index (κ2) is 8.72. The van der Waals surface area contributed by atoms with Crippen LogP contribution in [0, 0.1) is 0 Å². The number of nitrogens with one attached hydrogen (secondary N) is 2. The van der Waals surface area contributed by atoms with Crippen LogP contribution in [0.25, 0.3) is 10.9 Å². The maximum atomic E-state index is 12.2. The SMILES string of the molecule is O=C(O)CCCCCCCNC(=O)c1[nH]c2ccccc2c1Br. The number of aromatic nitrogens is 1. The molecular formula is C17H21BrN2O3. The second-order valence-corrected chi connectivity index (χ2v) is 6.32. The molecule has 0 bridgehead atoms. The Morgan fingerprint density at radius 2 is 1.78 bits per heavy atom. The molecule has 5 nitrogen and oxygen atoms in total. The van der Waals surface area contributed by atoms with Crippen LogP contribution in [0.4, 0.5) is 0 Å². The number of aromatic amines is 1.